The van der Waals surface area contributed by atoms with Gasteiger partial charge in [0, 0.05) is 43.8 Å². The van der Waals surface area contributed by atoms with E-state index in [2.05, 4.69) is 26.2 Å². The van der Waals surface area contributed by atoms with Crippen LogP contribution in [0.3, 0.4) is 0 Å². The zero-order valence-electron chi connectivity index (χ0n) is 21.9. The third kappa shape index (κ3) is 5.88. The molecule has 8 nitrogen and oxygen atoms in total. The lowest BCUT2D eigenvalue weighted by atomic mass is 9.92. The first-order valence-electron chi connectivity index (χ1n) is 14.2. The highest BCUT2D eigenvalue weighted by atomic mass is 35.5. The molecule has 1 saturated heterocycles. The van der Waals surface area contributed by atoms with E-state index in [4.69, 9.17) is 43.9 Å². The minimum Gasteiger partial charge on any atom is -0.365 e. The fourth-order valence-electron chi connectivity index (χ4n) is 6.30. The van der Waals surface area contributed by atoms with Gasteiger partial charge in [0.2, 0.25) is 5.95 Å². The molecule has 0 spiro atoms. The van der Waals surface area contributed by atoms with Gasteiger partial charge in [0.15, 0.2) is 17.0 Å². The second-order valence-corrected chi connectivity index (χ2v) is 12.2. The molecular formula is C28H38Cl2N8. The summed E-state index contributed by atoms with van der Waals surface area (Å²) in [4.78, 5) is 17.3. The van der Waals surface area contributed by atoms with Crippen LogP contribution >= 0.6 is 23.2 Å². The van der Waals surface area contributed by atoms with Crippen molar-refractivity contribution in [3.8, 4) is 0 Å². The topological polar surface area (TPSA) is 96.9 Å². The lowest BCUT2D eigenvalue weighted by Gasteiger charge is -2.33. The van der Waals surface area contributed by atoms with Crippen LogP contribution in [0.4, 0.5) is 11.8 Å². The van der Waals surface area contributed by atoms with Gasteiger partial charge in [0.25, 0.3) is 0 Å². The van der Waals surface area contributed by atoms with Gasteiger partial charge in [0.1, 0.15) is 0 Å². The molecule has 3 fully saturated rings. The fraction of sp³-hybridized carbons (Fsp3) is 0.607. The van der Waals surface area contributed by atoms with Crippen LogP contribution in [-0.4, -0.2) is 55.6 Å². The molecule has 204 valence electrons. The van der Waals surface area contributed by atoms with Gasteiger partial charge in [-0.25, -0.2) is 4.98 Å². The van der Waals surface area contributed by atoms with Crippen molar-refractivity contribution in [1.82, 2.24) is 24.4 Å². The zero-order chi connectivity index (χ0) is 26.1. The molecule has 38 heavy (non-hydrogen) atoms. The summed E-state index contributed by atoms with van der Waals surface area (Å²) < 4.78 is 2.29. The summed E-state index contributed by atoms with van der Waals surface area (Å²) in [5.74, 6) is 1.56. The summed E-state index contributed by atoms with van der Waals surface area (Å²) in [6.45, 7) is 2.90. The van der Waals surface area contributed by atoms with Crippen molar-refractivity contribution in [3.05, 3.63) is 40.1 Å². The van der Waals surface area contributed by atoms with Crippen LogP contribution in [0.2, 0.25) is 10.0 Å². The average Bonchev–Trinajstić information content (AvgIpc) is 3.59. The fourth-order valence-corrected chi connectivity index (χ4v) is 6.62. The second kappa shape index (κ2) is 11.5. The number of likely N-dealkylation sites (tertiary alicyclic amines) is 1. The molecule has 0 atom stereocenters. The number of imidazole rings is 1. The van der Waals surface area contributed by atoms with Crippen molar-refractivity contribution >= 4 is 46.1 Å². The summed E-state index contributed by atoms with van der Waals surface area (Å²) in [6, 6.07) is 7.42. The summed E-state index contributed by atoms with van der Waals surface area (Å²) in [5.41, 5.74) is 9.16. The molecule has 1 aliphatic heterocycles. The van der Waals surface area contributed by atoms with E-state index in [0.717, 1.165) is 75.1 Å². The van der Waals surface area contributed by atoms with Crippen LogP contribution in [0, 0.1) is 0 Å². The zero-order valence-corrected chi connectivity index (χ0v) is 23.4. The molecule has 0 bridgehead atoms. The summed E-state index contributed by atoms with van der Waals surface area (Å²) >= 11 is 12.3. The second-order valence-electron chi connectivity index (χ2n) is 11.4. The van der Waals surface area contributed by atoms with E-state index in [1.165, 1.54) is 31.2 Å². The first-order chi connectivity index (χ1) is 18.5. The molecule has 0 amide bonds. The molecule has 6 rings (SSSR count). The van der Waals surface area contributed by atoms with Gasteiger partial charge in [0.05, 0.1) is 16.4 Å². The largest absolute Gasteiger partial charge is 0.365 e. The number of nitrogens with two attached hydrogens (primary N) is 1. The molecule has 4 N–H and O–H groups in total. The van der Waals surface area contributed by atoms with Gasteiger partial charge >= 0.3 is 0 Å². The normalized spacial score (nSPS) is 23.8. The first-order valence-corrected chi connectivity index (χ1v) is 15.0. The van der Waals surface area contributed by atoms with Crippen LogP contribution in [0.1, 0.15) is 75.8 Å². The van der Waals surface area contributed by atoms with E-state index in [1.54, 1.807) is 0 Å². The Morgan fingerprint density at radius 3 is 2.34 bits per heavy atom. The molecule has 3 aliphatic rings. The van der Waals surface area contributed by atoms with Crippen LogP contribution < -0.4 is 16.4 Å². The third-order valence-electron chi connectivity index (χ3n) is 8.56. The Bertz CT molecular complexity index is 1240. The van der Waals surface area contributed by atoms with E-state index in [-0.39, 0.29) is 0 Å². The van der Waals surface area contributed by atoms with E-state index < -0.39 is 0 Å². The predicted molar refractivity (Wildman–Crippen MR) is 155 cm³/mol. The highest BCUT2D eigenvalue weighted by Gasteiger charge is 2.26. The molecule has 0 radical (unpaired) electrons. The first kappa shape index (κ1) is 26.1. The van der Waals surface area contributed by atoms with Gasteiger partial charge in [-0.2, -0.15) is 9.97 Å². The van der Waals surface area contributed by atoms with Crippen LogP contribution in [-0.2, 0) is 6.54 Å². The number of piperidine rings is 1. The molecular weight excluding hydrogens is 519 g/mol. The van der Waals surface area contributed by atoms with Crippen molar-refractivity contribution in [3.63, 3.8) is 0 Å². The van der Waals surface area contributed by atoms with E-state index in [1.807, 2.05) is 18.5 Å². The van der Waals surface area contributed by atoms with Crippen molar-refractivity contribution in [2.75, 3.05) is 23.7 Å². The minimum atomic E-state index is 0.319. The smallest absolute Gasteiger partial charge is 0.227 e. The molecule has 2 saturated carbocycles. The average molecular weight is 558 g/mol. The monoisotopic (exact) mass is 556 g/mol. The molecule has 3 heterocycles. The van der Waals surface area contributed by atoms with Crippen LogP contribution in [0.15, 0.2) is 24.5 Å². The lowest BCUT2D eigenvalue weighted by Crippen LogP contribution is -2.39. The maximum atomic E-state index is 6.23. The maximum absolute atomic E-state index is 6.23. The van der Waals surface area contributed by atoms with Gasteiger partial charge in [-0.1, -0.05) is 42.1 Å². The number of nitrogens with one attached hydrogen (secondary N) is 2. The van der Waals surface area contributed by atoms with Crippen molar-refractivity contribution in [2.45, 2.75) is 94.9 Å². The number of benzene rings is 1. The van der Waals surface area contributed by atoms with Crippen molar-refractivity contribution in [1.29, 1.82) is 0 Å². The number of hydrogen-bond donors (Lipinski definition) is 3. The Kier molecular flexibility index (Phi) is 7.93. The Hall–Kier alpha value is -2.13. The van der Waals surface area contributed by atoms with Gasteiger partial charge in [-0.3, -0.25) is 4.90 Å². The molecule has 0 unspecified atom stereocenters. The highest BCUT2D eigenvalue weighted by Crippen LogP contribution is 2.34. The molecule has 10 heteroatoms. The number of hydrogen-bond acceptors (Lipinski definition) is 7. The summed E-state index contributed by atoms with van der Waals surface area (Å²) in [6.07, 6.45) is 13.2. The number of aromatic nitrogens is 4. The minimum absolute atomic E-state index is 0.319. The Morgan fingerprint density at radius 2 is 1.61 bits per heavy atom. The van der Waals surface area contributed by atoms with Crippen LogP contribution in [0.25, 0.3) is 11.2 Å². The highest BCUT2D eigenvalue weighted by molar-refractivity contribution is 6.42. The maximum Gasteiger partial charge on any atom is 0.227 e. The predicted octanol–water partition coefficient (Wildman–Crippen LogP) is 6.01. The number of rotatable bonds is 7. The van der Waals surface area contributed by atoms with Crippen LogP contribution in [0.5, 0.6) is 0 Å². The SMILES string of the molecule is NC1CCC(Nc2nc(NC3CCN(Cc4ccc(Cl)c(Cl)c4)CC3)c3ncn(C4CCCC4)c3n2)CC1. The van der Waals surface area contributed by atoms with Gasteiger partial charge in [-0.05, 0) is 69.1 Å². The quantitative estimate of drug-likeness (QED) is 0.328. The standard InChI is InChI=1S/C28H38Cl2N8/c29-23-10-5-18(15-24(23)30)16-37-13-11-21(12-14-37)33-26-25-27(38(17-32-25)22-3-1-2-4-22)36-28(35-26)34-20-8-6-19(31)7-9-20/h5,10,15,17,19-22H,1-4,6-9,11-14,16,31H2,(H2,33,34,35,36). The Labute approximate surface area is 234 Å². The third-order valence-corrected chi connectivity index (χ3v) is 9.30. The Morgan fingerprint density at radius 1 is 0.868 bits per heavy atom. The molecule has 1 aromatic carbocycles. The molecule has 2 aromatic heterocycles. The molecule has 2 aliphatic carbocycles. The summed E-state index contributed by atoms with van der Waals surface area (Å²) in [5, 5.41) is 8.61. The molecule has 3 aromatic rings. The number of nitrogens with zero attached hydrogens (tertiary/aromatic N) is 5. The van der Waals surface area contributed by atoms with Gasteiger partial charge < -0.3 is 20.9 Å². The number of anilines is 2. The Balaban J connectivity index is 1.17. The van der Waals surface area contributed by atoms with E-state index in [0.29, 0.717) is 40.2 Å². The van der Waals surface area contributed by atoms with Gasteiger partial charge in [-0.15, -0.1) is 0 Å². The van der Waals surface area contributed by atoms with E-state index in [9.17, 15) is 0 Å². The van der Waals surface area contributed by atoms with E-state index >= 15 is 0 Å². The van der Waals surface area contributed by atoms with Crippen molar-refractivity contribution < 1.29 is 0 Å². The number of fused-ring (bicyclic) bond motifs is 1. The van der Waals surface area contributed by atoms with Crippen molar-refractivity contribution in [2.24, 2.45) is 5.73 Å². The lowest BCUT2D eigenvalue weighted by molar-refractivity contribution is 0.211. The number of halogens is 2. The summed E-state index contributed by atoms with van der Waals surface area (Å²) in [7, 11) is 0.